The van der Waals surface area contributed by atoms with E-state index in [-0.39, 0.29) is 11.6 Å². The lowest BCUT2D eigenvalue weighted by Crippen LogP contribution is -2.26. The predicted molar refractivity (Wildman–Crippen MR) is 110 cm³/mol. The molecule has 1 amide bonds. The van der Waals surface area contributed by atoms with E-state index in [9.17, 15) is 18.0 Å². The molecule has 1 saturated carbocycles. The number of carbonyl (C=O) groups is 1. The molecule has 0 bridgehead atoms. The molecule has 0 saturated heterocycles. The summed E-state index contributed by atoms with van der Waals surface area (Å²) in [5.74, 6) is -0.607. The van der Waals surface area contributed by atoms with Crippen LogP contribution in [-0.4, -0.2) is 25.5 Å². The molecule has 0 spiro atoms. The van der Waals surface area contributed by atoms with Crippen molar-refractivity contribution in [1.82, 2.24) is 19.6 Å². The van der Waals surface area contributed by atoms with Crippen LogP contribution < -0.4 is 5.32 Å². The van der Waals surface area contributed by atoms with Crippen molar-refractivity contribution in [3.8, 4) is 0 Å². The Bertz CT molecular complexity index is 1120. The lowest BCUT2D eigenvalue weighted by atomic mass is 10.2. The minimum Gasteiger partial charge on any atom is -0.324 e. The second-order valence-electron chi connectivity index (χ2n) is 7.49. The van der Waals surface area contributed by atoms with E-state index in [0.717, 1.165) is 23.1 Å². The van der Waals surface area contributed by atoms with Gasteiger partial charge in [0.2, 0.25) is 5.91 Å². The van der Waals surface area contributed by atoms with E-state index in [0.29, 0.717) is 17.3 Å². The van der Waals surface area contributed by atoms with Gasteiger partial charge in [-0.15, -0.1) is 0 Å². The smallest absolute Gasteiger partial charge is 0.324 e. The van der Waals surface area contributed by atoms with Crippen LogP contribution in [0.4, 0.5) is 18.9 Å². The Labute approximate surface area is 185 Å². The van der Waals surface area contributed by atoms with Gasteiger partial charge in [-0.1, -0.05) is 35.3 Å². The number of hydrogen-bond donors (Lipinski definition) is 1. The summed E-state index contributed by atoms with van der Waals surface area (Å²) in [7, 11) is 0. The van der Waals surface area contributed by atoms with Crippen molar-refractivity contribution in [1.29, 1.82) is 0 Å². The van der Waals surface area contributed by atoms with Crippen LogP contribution in [-0.2, 0) is 17.5 Å². The van der Waals surface area contributed by atoms with Gasteiger partial charge < -0.3 is 5.32 Å². The minimum atomic E-state index is -4.69. The van der Waals surface area contributed by atoms with Crippen molar-refractivity contribution in [2.75, 3.05) is 5.32 Å². The highest BCUT2D eigenvalue weighted by Crippen LogP contribution is 2.47. The third-order valence-electron chi connectivity index (χ3n) is 5.01. The molecule has 1 fully saturated rings. The van der Waals surface area contributed by atoms with Crippen LogP contribution in [0, 0.1) is 0 Å². The number of anilines is 1. The van der Waals surface area contributed by atoms with Gasteiger partial charge in [-0.05, 0) is 37.5 Å². The average Bonchev–Trinajstić information content (AvgIpc) is 3.35. The second kappa shape index (κ2) is 8.20. The fourth-order valence-electron chi connectivity index (χ4n) is 3.34. The van der Waals surface area contributed by atoms with E-state index in [1.165, 1.54) is 13.1 Å². The van der Waals surface area contributed by atoms with E-state index in [1.54, 1.807) is 29.1 Å². The van der Waals surface area contributed by atoms with Crippen LogP contribution in [0.2, 0.25) is 10.0 Å². The van der Waals surface area contributed by atoms with Gasteiger partial charge in [0.05, 0.1) is 28.5 Å². The van der Waals surface area contributed by atoms with Gasteiger partial charge in [-0.2, -0.15) is 23.4 Å². The average molecular weight is 472 g/mol. The number of carbonyl (C=O) groups excluding carboxylic acids is 1. The monoisotopic (exact) mass is 471 g/mol. The van der Waals surface area contributed by atoms with Crippen molar-refractivity contribution < 1.29 is 18.0 Å². The van der Waals surface area contributed by atoms with Gasteiger partial charge >= 0.3 is 6.18 Å². The first-order chi connectivity index (χ1) is 14.6. The number of amides is 1. The maximum atomic E-state index is 13.3. The lowest BCUT2D eigenvalue weighted by Gasteiger charge is -2.16. The van der Waals surface area contributed by atoms with E-state index in [1.807, 2.05) is 6.07 Å². The molecule has 31 heavy (non-hydrogen) atoms. The highest BCUT2D eigenvalue weighted by molar-refractivity contribution is 6.32. The SMILES string of the molecule is CC(C(=O)Nc1cccc(Cn2cc(Cl)cn2)c1)n1nc(C(F)(F)F)c(Cl)c1C1CC1. The summed E-state index contributed by atoms with van der Waals surface area (Å²) in [6, 6.07) is 6.12. The van der Waals surface area contributed by atoms with Crippen LogP contribution in [0.25, 0.3) is 0 Å². The summed E-state index contributed by atoms with van der Waals surface area (Å²) in [6.07, 6.45) is -0.0519. The van der Waals surface area contributed by atoms with E-state index in [4.69, 9.17) is 23.2 Å². The molecule has 11 heteroatoms. The van der Waals surface area contributed by atoms with Crippen molar-refractivity contribution >= 4 is 34.8 Å². The van der Waals surface area contributed by atoms with Gasteiger partial charge in [0.15, 0.2) is 5.69 Å². The number of rotatable bonds is 6. The van der Waals surface area contributed by atoms with Gasteiger partial charge in [0.25, 0.3) is 0 Å². The number of benzene rings is 1. The van der Waals surface area contributed by atoms with Crippen LogP contribution in [0.5, 0.6) is 0 Å². The minimum absolute atomic E-state index is 0.115. The molecule has 1 atom stereocenters. The number of aromatic nitrogens is 4. The maximum absolute atomic E-state index is 13.3. The Morgan fingerprint density at radius 3 is 2.68 bits per heavy atom. The zero-order chi connectivity index (χ0) is 22.3. The molecule has 2 heterocycles. The first kappa shape index (κ1) is 21.7. The highest BCUT2D eigenvalue weighted by Gasteiger charge is 2.43. The molecule has 6 nitrogen and oxygen atoms in total. The molecular weight excluding hydrogens is 454 g/mol. The van der Waals surface area contributed by atoms with Crippen LogP contribution in [0.15, 0.2) is 36.7 Å². The standard InChI is InChI=1S/C20H18Cl2F3N5O/c1-11(30-17(13-5-6-13)16(22)18(28-30)20(23,24)25)19(31)27-15-4-2-3-12(7-15)9-29-10-14(21)8-26-29/h2-4,7-8,10-11,13H,5-6,9H2,1H3,(H,27,31). The first-order valence-corrected chi connectivity index (χ1v) is 10.3. The van der Waals surface area contributed by atoms with Crippen molar-refractivity contribution in [3.05, 3.63) is 63.7 Å². The van der Waals surface area contributed by atoms with Gasteiger partial charge in [0.1, 0.15) is 6.04 Å². The third-order valence-corrected chi connectivity index (χ3v) is 5.57. The zero-order valence-electron chi connectivity index (χ0n) is 16.3. The zero-order valence-corrected chi connectivity index (χ0v) is 17.8. The van der Waals surface area contributed by atoms with Crippen LogP contribution in [0.3, 0.4) is 0 Å². The number of nitrogens with zero attached hydrogens (tertiary/aromatic N) is 4. The maximum Gasteiger partial charge on any atom is 0.436 e. The summed E-state index contributed by atoms with van der Waals surface area (Å²) >= 11 is 11.9. The Kier molecular flexibility index (Phi) is 5.74. The van der Waals surface area contributed by atoms with E-state index >= 15 is 0 Å². The Hall–Kier alpha value is -2.52. The number of nitrogens with one attached hydrogen (secondary N) is 1. The van der Waals surface area contributed by atoms with Crippen molar-refractivity contribution in [2.45, 2.75) is 44.4 Å². The van der Waals surface area contributed by atoms with Crippen molar-refractivity contribution in [3.63, 3.8) is 0 Å². The Morgan fingerprint density at radius 2 is 2.06 bits per heavy atom. The van der Waals surface area contributed by atoms with Gasteiger partial charge in [0, 0.05) is 17.8 Å². The molecule has 164 valence electrons. The second-order valence-corrected chi connectivity index (χ2v) is 8.30. The quantitative estimate of drug-likeness (QED) is 0.513. The topological polar surface area (TPSA) is 64.7 Å². The van der Waals surface area contributed by atoms with Crippen LogP contribution >= 0.6 is 23.2 Å². The van der Waals surface area contributed by atoms with Gasteiger partial charge in [-0.25, -0.2) is 0 Å². The fraction of sp³-hybridized carbons (Fsp3) is 0.350. The molecule has 0 aliphatic heterocycles. The number of alkyl halides is 3. The Balaban J connectivity index is 1.54. The van der Waals surface area contributed by atoms with E-state index < -0.39 is 28.8 Å². The summed E-state index contributed by atoms with van der Waals surface area (Å²) < 4.78 is 42.6. The lowest BCUT2D eigenvalue weighted by molar-refractivity contribution is -0.141. The third kappa shape index (κ3) is 4.72. The first-order valence-electron chi connectivity index (χ1n) is 9.56. The summed E-state index contributed by atoms with van der Waals surface area (Å²) in [6.45, 7) is 1.95. The number of halogens is 5. The number of hydrogen-bond acceptors (Lipinski definition) is 3. The van der Waals surface area contributed by atoms with Gasteiger partial charge in [-0.3, -0.25) is 14.2 Å². The molecule has 1 aliphatic rings. The highest BCUT2D eigenvalue weighted by atomic mass is 35.5. The Morgan fingerprint density at radius 1 is 1.32 bits per heavy atom. The van der Waals surface area contributed by atoms with Crippen LogP contribution in [0.1, 0.15) is 48.7 Å². The molecule has 0 radical (unpaired) electrons. The largest absolute Gasteiger partial charge is 0.436 e. The molecule has 1 N–H and O–H groups in total. The summed E-state index contributed by atoms with van der Waals surface area (Å²) in [5.41, 5.74) is 0.483. The summed E-state index contributed by atoms with van der Waals surface area (Å²) in [5, 5.41) is 10.6. The van der Waals surface area contributed by atoms with E-state index in [2.05, 4.69) is 15.5 Å². The normalized spacial score (nSPS) is 15.2. The molecule has 1 unspecified atom stereocenters. The predicted octanol–water partition coefficient (Wildman–Crippen LogP) is 5.53. The molecule has 2 aromatic heterocycles. The fourth-order valence-corrected chi connectivity index (χ4v) is 3.89. The summed E-state index contributed by atoms with van der Waals surface area (Å²) in [4.78, 5) is 12.8. The molecular formula is C20H18Cl2F3N5O. The molecule has 3 aromatic rings. The molecule has 1 aromatic carbocycles. The molecule has 4 rings (SSSR count). The van der Waals surface area contributed by atoms with Crippen molar-refractivity contribution in [2.24, 2.45) is 0 Å². The molecule has 1 aliphatic carbocycles.